The maximum Gasteiger partial charge on any atom is 0.141 e. The van der Waals surface area contributed by atoms with Crippen LogP contribution in [0.2, 0.25) is 0 Å². The average molecular weight is 290 g/mol. The van der Waals surface area contributed by atoms with Gasteiger partial charge in [0.1, 0.15) is 11.5 Å². The van der Waals surface area contributed by atoms with Gasteiger partial charge >= 0.3 is 0 Å². The summed E-state index contributed by atoms with van der Waals surface area (Å²) >= 11 is 0. The van der Waals surface area contributed by atoms with Crippen LogP contribution < -0.4 is 4.74 Å². The van der Waals surface area contributed by atoms with Crippen LogP contribution in [0, 0.1) is 0 Å². The number of carbonyl (C=O) groups is 1. The number of hydrogen-bond acceptors (Lipinski definition) is 2. The molecule has 0 bridgehead atoms. The van der Waals surface area contributed by atoms with Gasteiger partial charge in [0.15, 0.2) is 0 Å². The molecule has 0 heterocycles. The van der Waals surface area contributed by atoms with E-state index in [4.69, 9.17) is 4.74 Å². The first-order chi connectivity index (χ1) is 10.8. The zero-order chi connectivity index (χ0) is 15.4. The van der Waals surface area contributed by atoms with Crippen LogP contribution >= 0.6 is 0 Å². The summed E-state index contributed by atoms with van der Waals surface area (Å²) in [7, 11) is 1.66. The minimum Gasteiger partial charge on any atom is -0.497 e. The molecule has 0 radical (unpaired) electrons. The van der Waals surface area contributed by atoms with Crippen molar-refractivity contribution >= 4 is 16.6 Å². The maximum absolute atomic E-state index is 12.3. The second-order valence-electron chi connectivity index (χ2n) is 5.38. The van der Waals surface area contributed by atoms with Crippen molar-refractivity contribution in [1.29, 1.82) is 0 Å². The van der Waals surface area contributed by atoms with E-state index in [1.807, 2.05) is 60.7 Å². The molecule has 2 nitrogen and oxygen atoms in total. The fraction of sp³-hybridized carbons (Fsp3) is 0.150. The van der Waals surface area contributed by atoms with E-state index in [-0.39, 0.29) is 5.78 Å². The molecule has 0 amide bonds. The highest BCUT2D eigenvalue weighted by Crippen LogP contribution is 2.24. The molecule has 0 atom stereocenters. The number of Topliss-reactive ketones (excluding diaryl/α,β-unsaturated/α-hetero) is 1. The molecule has 0 saturated heterocycles. The van der Waals surface area contributed by atoms with Crippen molar-refractivity contribution in [2.45, 2.75) is 12.8 Å². The molecule has 3 aromatic carbocycles. The van der Waals surface area contributed by atoms with Gasteiger partial charge in [0.25, 0.3) is 0 Å². The number of ketones is 1. The zero-order valence-corrected chi connectivity index (χ0v) is 12.6. The van der Waals surface area contributed by atoms with Crippen LogP contribution in [0.3, 0.4) is 0 Å². The molecule has 0 aliphatic heterocycles. The molecular weight excluding hydrogens is 272 g/mol. The first-order valence-corrected chi connectivity index (χ1v) is 7.37. The first kappa shape index (κ1) is 14.3. The third kappa shape index (κ3) is 3.17. The first-order valence-electron chi connectivity index (χ1n) is 7.37. The van der Waals surface area contributed by atoms with Crippen LogP contribution in [0.4, 0.5) is 0 Å². The zero-order valence-electron chi connectivity index (χ0n) is 12.6. The molecule has 0 unspecified atom stereocenters. The fourth-order valence-corrected chi connectivity index (χ4v) is 2.70. The van der Waals surface area contributed by atoms with Crippen LogP contribution in [0.1, 0.15) is 11.1 Å². The molecular formula is C20H18O2. The fourth-order valence-electron chi connectivity index (χ4n) is 2.70. The van der Waals surface area contributed by atoms with Crippen LogP contribution in [-0.2, 0) is 17.6 Å². The van der Waals surface area contributed by atoms with E-state index in [0.29, 0.717) is 12.8 Å². The summed E-state index contributed by atoms with van der Waals surface area (Å²) in [6.07, 6.45) is 0.917. The lowest BCUT2D eigenvalue weighted by molar-refractivity contribution is -0.117. The van der Waals surface area contributed by atoms with Gasteiger partial charge in [-0.1, -0.05) is 54.6 Å². The number of benzene rings is 3. The van der Waals surface area contributed by atoms with Gasteiger partial charge in [-0.15, -0.1) is 0 Å². The minimum absolute atomic E-state index is 0.224. The Labute approximate surface area is 130 Å². The van der Waals surface area contributed by atoms with Crippen molar-refractivity contribution in [3.8, 4) is 5.75 Å². The SMILES string of the molecule is COc1ccc2cccc(CC(=O)Cc3ccccc3)c2c1. The Bertz CT molecular complexity index is 791. The van der Waals surface area contributed by atoms with Crippen molar-refractivity contribution in [1.82, 2.24) is 0 Å². The van der Waals surface area contributed by atoms with Gasteiger partial charge in [0.2, 0.25) is 0 Å². The summed E-state index contributed by atoms with van der Waals surface area (Å²) in [5, 5.41) is 2.22. The summed E-state index contributed by atoms with van der Waals surface area (Å²) in [5.74, 6) is 1.04. The third-order valence-corrected chi connectivity index (χ3v) is 3.81. The molecule has 0 fully saturated rings. The van der Waals surface area contributed by atoms with Crippen molar-refractivity contribution in [3.63, 3.8) is 0 Å². The van der Waals surface area contributed by atoms with E-state index < -0.39 is 0 Å². The van der Waals surface area contributed by atoms with Crippen LogP contribution in [-0.4, -0.2) is 12.9 Å². The summed E-state index contributed by atoms with van der Waals surface area (Å²) in [6, 6.07) is 21.9. The number of fused-ring (bicyclic) bond motifs is 1. The molecule has 0 saturated carbocycles. The number of ether oxygens (including phenoxy) is 1. The molecule has 0 aliphatic carbocycles. The lowest BCUT2D eigenvalue weighted by Gasteiger charge is -2.08. The van der Waals surface area contributed by atoms with E-state index in [2.05, 4.69) is 6.07 Å². The van der Waals surface area contributed by atoms with E-state index >= 15 is 0 Å². The number of methoxy groups -OCH3 is 1. The molecule has 2 heteroatoms. The largest absolute Gasteiger partial charge is 0.497 e. The molecule has 0 aliphatic rings. The van der Waals surface area contributed by atoms with Crippen LogP contribution in [0.5, 0.6) is 5.75 Å². The monoisotopic (exact) mass is 290 g/mol. The van der Waals surface area contributed by atoms with Crippen molar-refractivity contribution in [3.05, 3.63) is 77.9 Å². The lowest BCUT2D eigenvalue weighted by atomic mass is 9.97. The van der Waals surface area contributed by atoms with Crippen LogP contribution in [0.25, 0.3) is 10.8 Å². The lowest BCUT2D eigenvalue weighted by Crippen LogP contribution is -2.06. The van der Waals surface area contributed by atoms with Crippen molar-refractivity contribution in [2.75, 3.05) is 7.11 Å². The summed E-state index contributed by atoms with van der Waals surface area (Å²) in [6.45, 7) is 0. The Morgan fingerprint density at radius 3 is 2.50 bits per heavy atom. The van der Waals surface area contributed by atoms with Gasteiger partial charge in [-0.25, -0.2) is 0 Å². The van der Waals surface area contributed by atoms with E-state index in [1.54, 1.807) is 7.11 Å². The van der Waals surface area contributed by atoms with Gasteiger partial charge in [-0.05, 0) is 34.0 Å². The highest BCUT2D eigenvalue weighted by Gasteiger charge is 2.09. The maximum atomic E-state index is 12.3. The quantitative estimate of drug-likeness (QED) is 0.704. The van der Waals surface area contributed by atoms with Gasteiger partial charge in [0.05, 0.1) is 7.11 Å². The predicted molar refractivity (Wildman–Crippen MR) is 89.4 cm³/mol. The molecule has 110 valence electrons. The van der Waals surface area contributed by atoms with E-state index in [0.717, 1.165) is 27.6 Å². The normalized spacial score (nSPS) is 10.6. The third-order valence-electron chi connectivity index (χ3n) is 3.81. The Hall–Kier alpha value is -2.61. The molecule has 0 aromatic heterocycles. The van der Waals surface area contributed by atoms with Gasteiger partial charge < -0.3 is 4.74 Å². The Kier molecular flexibility index (Phi) is 4.19. The topological polar surface area (TPSA) is 26.3 Å². The van der Waals surface area contributed by atoms with Crippen LogP contribution in [0.15, 0.2) is 66.7 Å². The van der Waals surface area contributed by atoms with E-state index in [9.17, 15) is 4.79 Å². The predicted octanol–water partition coefficient (Wildman–Crippen LogP) is 4.20. The molecule has 0 N–H and O–H groups in total. The Morgan fingerprint density at radius 2 is 1.73 bits per heavy atom. The van der Waals surface area contributed by atoms with Gasteiger partial charge in [-0.2, -0.15) is 0 Å². The average Bonchev–Trinajstić information content (AvgIpc) is 2.55. The molecule has 0 spiro atoms. The Morgan fingerprint density at radius 1 is 0.909 bits per heavy atom. The second-order valence-corrected chi connectivity index (χ2v) is 5.38. The molecule has 3 aromatic rings. The number of hydrogen-bond donors (Lipinski definition) is 0. The van der Waals surface area contributed by atoms with Crippen molar-refractivity contribution < 1.29 is 9.53 Å². The standard InChI is InChI=1S/C20H18O2/c1-22-19-11-10-16-8-5-9-17(20(16)14-19)13-18(21)12-15-6-3-2-4-7-15/h2-11,14H,12-13H2,1H3. The molecule has 3 rings (SSSR count). The summed E-state index contributed by atoms with van der Waals surface area (Å²) in [5.41, 5.74) is 2.11. The highest BCUT2D eigenvalue weighted by molar-refractivity contribution is 5.92. The Balaban J connectivity index is 1.85. The number of rotatable bonds is 5. The summed E-state index contributed by atoms with van der Waals surface area (Å²) in [4.78, 5) is 12.3. The molecule has 22 heavy (non-hydrogen) atoms. The van der Waals surface area contributed by atoms with Gasteiger partial charge in [-0.3, -0.25) is 4.79 Å². The van der Waals surface area contributed by atoms with E-state index in [1.165, 1.54) is 0 Å². The summed E-state index contributed by atoms with van der Waals surface area (Å²) < 4.78 is 5.29. The highest BCUT2D eigenvalue weighted by atomic mass is 16.5. The smallest absolute Gasteiger partial charge is 0.141 e. The minimum atomic E-state index is 0.224. The van der Waals surface area contributed by atoms with Gasteiger partial charge in [0, 0.05) is 12.8 Å². The second kappa shape index (κ2) is 6.44. The number of carbonyl (C=O) groups excluding carboxylic acids is 1. The van der Waals surface area contributed by atoms with Crippen molar-refractivity contribution in [2.24, 2.45) is 0 Å².